The van der Waals surface area contributed by atoms with Crippen LogP contribution in [0.4, 0.5) is 5.95 Å². The lowest BCUT2D eigenvalue weighted by atomic mass is 9.69. The van der Waals surface area contributed by atoms with E-state index in [9.17, 15) is 4.79 Å². The van der Waals surface area contributed by atoms with Gasteiger partial charge in [0.1, 0.15) is 0 Å². The summed E-state index contributed by atoms with van der Waals surface area (Å²) in [7, 11) is 2.24. The number of fused-ring (bicyclic) bond motifs is 1. The van der Waals surface area contributed by atoms with Crippen molar-refractivity contribution in [3.8, 4) is 0 Å². The van der Waals surface area contributed by atoms with Crippen LogP contribution >= 0.6 is 0 Å². The average molecular weight is 353 g/mol. The van der Waals surface area contributed by atoms with Crippen molar-refractivity contribution in [1.29, 1.82) is 0 Å². The minimum Gasteiger partial charge on any atom is -0.306 e. The Labute approximate surface area is 154 Å². The van der Waals surface area contributed by atoms with E-state index in [4.69, 9.17) is 0 Å². The normalized spacial score (nSPS) is 29.5. The van der Waals surface area contributed by atoms with Gasteiger partial charge in [-0.1, -0.05) is 6.07 Å². The lowest BCUT2D eigenvalue weighted by molar-refractivity contribution is -0.117. The molecule has 138 valence electrons. The topological polar surface area (TPSA) is 62.5 Å². The molecule has 2 saturated carbocycles. The minimum absolute atomic E-state index is 0.0624. The monoisotopic (exact) mass is 353 g/mol. The Hall–Kier alpha value is -1.95. The molecular formula is C20H27N5O. The van der Waals surface area contributed by atoms with Gasteiger partial charge in [0, 0.05) is 24.1 Å². The number of hydrogen-bond acceptors (Lipinski definition) is 4. The molecule has 6 heteroatoms. The van der Waals surface area contributed by atoms with Gasteiger partial charge >= 0.3 is 0 Å². The van der Waals surface area contributed by atoms with Gasteiger partial charge in [-0.2, -0.15) is 4.98 Å². The first-order valence-electron chi connectivity index (χ1n) is 9.97. The van der Waals surface area contributed by atoms with Crippen LogP contribution in [0.25, 0.3) is 5.65 Å². The van der Waals surface area contributed by atoms with Gasteiger partial charge in [0.15, 0.2) is 5.65 Å². The van der Waals surface area contributed by atoms with Crippen LogP contribution in [0.5, 0.6) is 0 Å². The summed E-state index contributed by atoms with van der Waals surface area (Å²) in [5.41, 5.74) is 2.61. The van der Waals surface area contributed by atoms with Crippen LogP contribution in [-0.4, -0.2) is 45.5 Å². The highest BCUT2D eigenvalue weighted by Crippen LogP contribution is 2.47. The smallest absolute Gasteiger partial charge is 0.249 e. The average Bonchev–Trinajstić information content (AvgIpc) is 3.32. The van der Waals surface area contributed by atoms with E-state index in [0.717, 1.165) is 18.5 Å². The van der Waals surface area contributed by atoms with E-state index in [-0.39, 0.29) is 11.8 Å². The van der Waals surface area contributed by atoms with Crippen molar-refractivity contribution in [2.45, 2.75) is 50.9 Å². The van der Waals surface area contributed by atoms with Crippen molar-refractivity contribution >= 4 is 17.5 Å². The number of anilines is 1. The standard InChI is InChI=1S/C20H27N5O/c1-24-12-11-20(13-24)9-7-14(8-10-20)16-3-2-4-17-21-19(23-25(16)17)22-18(26)15-5-6-15/h2-4,14-15H,5-13H2,1H3,(H,22,23,26). The van der Waals surface area contributed by atoms with E-state index >= 15 is 0 Å². The van der Waals surface area contributed by atoms with E-state index in [0.29, 0.717) is 17.3 Å². The van der Waals surface area contributed by atoms with Gasteiger partial charge in [0.25, 0.3) is 0 Å². The number of amides is 1. The summed E-state index contributed by atoms with van der Waals surface area (Å²) >= 11 is 0. The SMILES string of the molecule is CN1CCC2(CCC(c3cccc4nc(NC(=O)C5CC5)nn34)CC2)C1. The first kappa shape index (κ1) is 16.2. The highest BCUT2D eigenvalue weighted by Gasteiger charge is 2.40. The number of carbonyl (C=O) groups is 1. The van der Waals surface area contributed by atoms with Gasteiger partial charge in [-0.15, -0.1) is 5.10 Å². The maximum atomic E-state index is 12.0. The maximum absolute atomic E-state index is 12.0. The fourth-order valence-corrected chi connectivity index (χ4v) is 4.94. The molecule has 5 rings (SSSR count). The van der Waals surface area contributed by atoms with Gasteiger partial charge in [-0.05, 0) is 76.1 Å². The lowest BCUT2D eigenvalue weighted by Crippen LogP contribution is -2.30. The molecule has 1 N–H and O–H groups in total. The van der Waals surface area contributed by atoms with Gasteiger partial charge in [0.2, 0.25) is 11.9 Å². The highest BCUT2D eigenvalue weighted by molar-refractivity contribution is 5.92. The number of pyridine rings is 1. The number of nitrogens with one attached hydrogen (secondary N) is 1. The zero-order valence-corrected chi connectivity index (χ0v) is 15.4. The molecule has 0 radical (unpaired) electrons. The molecule has 2 aromatic heterocycles. The number of likely N-dealkylation sites (tertiary alicyclic amines) is 1. The van der Waals surface area contributed by atoms with Crippen LogP contribution in [0.1, 0.15) is 56.6 Å². The predicted molar refractivity (Wildman–Crippen MR) is 100 cm³/mol. The van der Waals surface area contributed by atoms with E-state index < -0.39 is 0 Å². The van der Waals surface area contributed by atoms with Crippen molar-refractivity contribution in [2.75, 3.05) is 25.5 Å². The molecule has 0 bridgehead atoms. The van der Waals surface area contributed by atoms with Gasteiger partial charge in [0.05, 0.1) is 0 Å². The second kappa shape index (κ2) is 6.05. The molecule has 6 nitrogen and oxygen atoms in total. The molecule has 2 aromatic rings. The van der Waals surface area contributed by atoms with Crippen LogP contribution in [0.15, 0.2) is 18.2 Å². The van der Waals surface area contributed by atoms with Gasteiger partial charge in [-0.25, -0.2) is 4.52 Å². The molecule has 3 fully saturated rings. The van der Waals surface area contributed by atoms with Crippen molar-refractivity contribution in [3.05, 3.63) is 23.9 Å². The van der Waals surface area contributed by atoms with Crippen LogP contribution in [-0.2, 0) is 4.79 Å². The first-order chi connectivity index (χ1) is 12.6. The third kappa shape index (κ3) is 2.90. The lowest BCUT2D eigenvalue weighted by Gasteiger charge is -2.37. The summed E-state index contributed by atoms with van der Waals surface area (Å²) in [6.07, 6.45) is 8.37. The molecular weight excluding hydrogens is 326 g/mol. The number of carbonyl (C=O) groups excluding carboxylic acids is 1. The van der Waals surface area contributed by atoms with Crippen molar-refractivity contribution in [1.82, 2.24) is 19.5 Å². The fourth-order valence-electron chi connectivity index (χ4n) is 4.94. The fraction of sp³-hybridized carbons (Fsp3) is 0.650. The summed E-state index contributed by atoms with van der Waals surface area (Å²) in [6, 6.07) is 6.22. The third-order valence-electron chi connectivity index (χ3n) is 6.67. The Morgan fingerprint density at radius 2 is 2.00 bits per heavy atom. The molecule has 0 unspecified atom stereocenters. The van der Waals surface area contributed by atoms with E-state index in [1.54, 1.807) is 0 Å². The summed E-state index contributed by atoms with van der Waals surface area (Å²) < 4.78 is 1.95. The molecule has 1 aliphatic heterocycles. The van der Waals surface area contributed by atoms with Crippen LogP contribution < -0.4 is 5.32 Å². The number of nitrogens with zero attached hydrogens (tertiary/aromatic N) is 4. The van der Waals surface area contributed by atoms with Crippen molar-refractivity contribution in [2.24, 2.45) is 11.3 Å². The predicted octanol–water partition coefficient (Wildman–Crippen LogP) is 3.06. The molecule has 1 amide bonds. The molecule has 1 saturated heterocycles. The number of rotatable bonds is 3. The van der Waals surface area contributed by atoms with E-state index in [1.807, 2.05) is 10.6 Å². The quantitative estimate of drug-likeness (QED) is 0.921. The maximum Gasteiger partial charge on any atom is 0.249 e. The zero-order chi connectivity index (χ0) is 17.7. The summed E-state index contributed by atoms with van der Waals surface area (Å²) in [6.45, 7) is 2.50. The van der Waals surface area contributed by atoms with Crippen molar-refractivity contribution < 1.29 is 4.79 Å². The Bertz CT molecular complexity index is 832. The molecule has 1 spiro atoms. The second-order valence-corrected chi connectivity index (χ2v) is 8.68. The Kier molecular flexibility index (Phi) is 3.78. The summed E-state index contributed by atoms with van der Waals surface area (Å²) in [5.74, 6) is 1.20. The molecule has 0 aromatic carbocycles. The van der Waals surface area contributed by atoms with Gasteiger partial charge in [-0.3, -0.25) is 10.1 Å². The Morgan fingerprint density at radius 3 is 2.69 bits per heavy atom. The first-order valence-corrected chi connectivity index (χ1v) is 9.97. The van der Waals surface area contributed by atoms with Crippen LogP contribution in [0.2, 0.25) is 0 Å². The Balaban J connectivity index is 1.35. The minimum atomic E-state index is 0.0624. The Morgan fingerprint density at radius 1 is 1.19 bits per heavy atom. The number of aromatic nitrogens is 3. The summed E-state index contributed by atoms with van der Waals surface area (Å²) in [4.78, 5) is 19.0. The van der Waals surface area contributed by atoms with E-state index in [2.05, 4.69) is 39.5 Å². The molecule has 3 heterocycles. The third-order valence-corrected chi connectivity index (χ3v) is 6.67. The molecule has 26 heavy (non-hydrogen) atoms. The van der Waals surface area contributed by atoms with Crippen molar-refractivity contribution in [3.63, 3.8) is 0 Å². The summed E-state index contributed by atoms with van der Waals surface area (Å²) in [5, 5.41) is 7.48. The molecule has 3 aliphatic rings. The number of hydrogen-bond donors (Lipinski definition) is 1. The molecule has 0 atom stereocenters. The zero-order valence-electron chi connectivity index (χ0n) is 15.4. The largest absolute Gasteiger partial charge is 0.306 e. The van der Waals surface area contributed by atoms with Crippen LogP contribution in [0, 0.1) is 11.3 Å². The van der Waals surface area contributed by atoms with Crippen LogP contribution in [0.3, 0.4) is 0 Å². The van der Waals surface area contributed by atoms with E-state index in [1.165, 1.54) is 50.9 Å². The molecule has 2 aliphatic carbocycles. The highest BCUT2D eigenvalue weighted by atomic mass is 16.2. The second-order valence-electron chi connectivity index (χ2n) is 8.68. The van der Waals surface area contributed by atoms with Gasteiger partial charge < -0.3 is 4.90 Å².